The summed E-state index contributed by atoms with van der Waals surface area (Å²) in [6.45, 7) is 7.24. The summed E-state index contributed by atoms with van der Waals surface area (Å²) < 4.78 is 1.09. The second-order valence-electron chi connectivity index (χ2n) is 5.88. The van der Waals surface area contributed by atoms with E-state index in [0.717, 1.165) is 21.6 Å². The van der Waals surface area contributed by atoms with Gasteiger partial charge in [-0.2, -0.15) is 0 Å². The summed E-state index contributed by atoms with van der Waals surface area (Å²) in [7, 11) is 0. The Balaban J connectivity index is 2.22. The van der Waals surface area contributed by atoms with Crippen molar-refractivity contribution >= 4 is 39.3 Å². The van der Waals surface area contributed by atoms with E-state index < -0.39 is 0 Å². The molecule has 1 N–H and O–H groups in total. The van der Waals surface area contributed by atoms with E-state index >= 15 is 0 Å². The van der Waals surface area contributed by atoms with E-state index in [0.29, 0.717) is 0 Å². The maximum Gasteiger partial charge on any atom is 0.0462 e. The molecule has 4 heteroatoms. The number of benzene rings is 2. The van der Waals surface area contributed by atoms with Gasteiger partial charge in [-0.05, 0) is 62.7 Å². The third-order valence-corrected chi connectivity index (χ3v) is 4.91. The normalized spacial score (nSPS) is 11.7. The maximum atomic E-state index is 6.39. The van der Waals surface area contributed by atoms with Gasteiger partial charge in [0.1, 0.15) is 0 Å². The minimum atomic E-state index is 0.0682. The summed E-state index contributed by atoms with van der Waals surface area (Å²) in [5.41, 5.74) is 1.22. The Morgan fingerprint density at radius 3 is 2.38 bits per heavy atom. The van der Waals surface area contributed by atoms with Gasteiger partial charge in [0.25, 0.3) is 0 Å². The van der Waals surface area contributed by atoms with Gasteiger partial charge in [0.05, 0.1) is 0 Å². The highest BCUT2D eigenvalue weighted by Crippen LogP contribution is 2.34. The first-order valence-corrected chi connectivity index (χ1v) is 8.80. The average molecular weight is 385 g/mol. The van der Waals surface area contributed by atoms with Gasteiger partial charge in [0.2, 0.25) is 0 Å². The van der Waals surface area contributed by atoms with Gasteiger partial charge in [-0.1, -0.05) is 45.4 Å². The standard InChI is InChI=1S/C17H19BrClNS/c1-17(2,3)20-11-14-15(19)5-4-6-16(14)21-13-9-7-12(18)8-10-13/h4-10,20H,11H2,1-3H3. The molecular weight excluding hydrogens is 366 g/mol. The van der Waals surface area contributed by atoms with E-state index in [1.165, 1.54) is 9.79 Å². The molecule has 0 amide bonds. The number of halogens is 2. The minimum Gasteiger partial charge on any atom is -0.308 e. The molecule has 0 atom stereocenters. The van der Waals surface area contributed by atoms with Gasteiger partial charge in [-0.25, -0.2) is 0 Å². The van der Waals surface area contributed by atoms with Crippen molar-refractivity contribution in [2.75, 3.05) is 0 Å². The SMILES string of the molecule is CC(C)(C)NCc1c(Cl)cccc1Sc1ccc(Br)cc1. The highest BCUT2D eigenvalue weighted by atomic mass is 79.9. The number of hydrogen-bond donors (Lipinski definition) is 1. The van der Waals surface area contributed by atoms with E-state index in [4.69, 9.17) is 11.6 Å². The number of hydrogen-bond acceptors (Lipinski definition) is 2. The monoisotopic (exact) mass is 383 g/mol. The van der Waals surface area contributed by atoms with Crippen LogP contribution in [0, 0.1) is 0 Å². The van der Waals surface area contributed by atoms with Crippen LogP contribution in [0.4, 0.5) is 0 Å². The fourth-order valence-corrected chi connectivity index (χ4v) is 3.33. The first-order valence-electron chi connectivity index (χ1n) is 6.81. The molecule has 0 unspecified atom stereocenters. The van der Waals surface area contributed by atoms with Crippen LogP contribution in [-0.4, -0.2) is 5.54 Å². The van der Waals surface area contributed by atoms with Crippen molar-refractivity contribution in [3.8, 4) is 0 Å². The summed E-state index contributed by atoms with van der Waals surface area (Å²) in [6.07, 6.45) is 0. The van der Waals surface area contributed by atoms with Gasteiger partial charge in [-0.15, -0.1) is 0 Å². The van der Waals surface area contributed by atoms with Gasteiger partial charge >= 0.3 is 0 Å². The zero-order chi connectivity index (χ0) is 15.5. The molecule has 2 aromatic rings. The molecule has 0 aromatic heterocycles. The first-order chi connectivity index (χ1) is 9.85. The lowest BCUT2D eigenvalue weighted by atomic mass is 10.1. The number of rotatable bonds is 4. The van der Waals surface area contributed by atoms with Crippen LogP contribution in [0.5, 0.6) is 0 Å². The summed E-state index contributed by atoms with van der Waals surface area (Å²) >= 11 is 11.6. The van der Waals surface area contributed by atoms with E-state index in [1.807, 2.05) is 12.1 Å². The van der Waals surface area contributed by atoms with Crippen molar-refractivity contribution in [1.82, 2.24) is 5.32 Å². The van der Waals surface area contributed by atoms with Crippen LogP contribution < -0.4 is 5.32 Å². The molecule has 2 rings (SSSR count). The number of nitrogens with one attached hydrogen (secondary N) is 1. The van der Waals surface area contributed by atoms with Crippen LogP contribution in [0.2, 0.25) is 5.02 Å². The largest absolute Gasteiger partial charge is 0.308 e. The molecule has 1 nitrogen and oxygen atoms in total. The van der Waals surface area contributed by atoms with Crippen LogP contribution in [0.15, 0.2) is 56.7 Å². The van der Waals surface area contributed by atoms with Crippen LogP contribution in [-0.2, 0) is 6.54 Å². The van der Waals surface area contributed by atoms with Crippen molar-refractivity contribution in [3.63, 3.8) is 0 Å². The molecular formula is C17H19BrClNS. The second-order valence-corrected chi connectivity index (χ2v) is 8.31. The molecule has 0 fully saturated rings. The molecule has 0 saturated carbocycles. The quantitative estimate of drug-likeness (QED) is 0.679. The molecule has 0 aliphatic carbocycles. The Kier molecular flexibility index (Phi) is 5.78. The van der Waals surface area contributed by atoms with Gasteiger partial charge < -0.3 is 5.32 Å². The molecule has 21 heavy (non-hydrogen) atoms. The van der Waals surface area contributed by atoms with E-state index in [1.54, 1.807) is 11.8 Å². The van der Waals surface area contributed by atoms with Crippen molar-refractivity contribution in [2.45, 2.75) is 42.6 Å². The zero-order valence-electron chi connectivity index (χ0n) is 12.4. The Morgan fingerprint density at radius 2 is 1.76 bits per heavy atom. The highest BCUT2D eigenvalue weighted by molar-refractivity contribution is 9.10. The smallest absolute Gasteiger partial charge is 0.0462 e. The second kappa shape index (κ2) is 7.19. The van der Waals surface area contributed by atoms with Crippen molar-refractivity contribution in [1.29, 1.82) is 0 Å². The lowest BCUT2D eigenvalue weighted by molar-refractivity contribution is 0.422. The van der Waals surface area contributed by atoms with Crippen molar-refractivity contribution in [2.24, 2.45) is 0 Å². The Morgan fingerprint density at radius 1 is 1.10 bits per heavy atom. The fraction of sp³-hybridized carbons (Fsp3) is 0.294. The van der Waals surface area contributed by atoms with Crippen molar-refractivity contribution in [3.05, 3.63) is 57.5 Å². The Hall–Kier alpha value is -0.480. The van der Waals surface area contributed by atoms with Crippen LogP contribution in [0.3, 0.4) is 0 Å². The van der Waals surface area contributed by atoms with E-state index in [2.05, 4.69) is 72.3 Å². The fourth-order valence-electron chi connectivity index (χ4n) is 1.79. The van der Waals surface area contributed by atoms with Crippen LogP contribution in [0.25, 0.3) is 0 Å². The lowest BCUT2D eigenvalue weighted by Gasteiger charge is -2.22. The van der Waals surface area contributed by atoms with E-state index in [9.17, 15) is 0 Å². The molecule has 0 heterocycles. The molecule has 0 saturated heterocycles. The topological polar surface area (TPSA) is 12.0 Å². The summed E-state index contributed by atoms with van der Waals surface area (Å²) in [4.78, 5) is 2.40. The highest BCUT2D eigenvalue weighted by Gasteiger charge is 2.13. The van der Waals surface area contributed by atoms with Crippen LogP contribution in [0.1, 0.15) is 26.3 Å². The summed E-state index contributed by atoms with van der Waals surface area (Å²) in [5, 5.41) is 4.32. The summed E-state index contributed by atoms with van der Waals surface area (Å²) in [6, 6.07) is 14.4. The molecule has 2 aromatic carbocycles. The van der Waals surface area contributed by atoms with Crippen LogP contribution >= 0.6 is 39.3 Å². The van der Waals surface area contributed by atoms with Crippen molar-refractivity contribution < 1.29 is 0 Å². The Bertz CT molecular complexity index is 605. The molecule has 112 valence electrons. The predicted molar refractivity (Wildman–Crippen MR) is 96.3 cm³/mol. The van der Waals surface area contributed by atoms with Gasteiger partial charge in [0, 0.05) is 31.4 Å². The van der Waals surface area contributed by atoms with Gasteiger partial charge in [0.15, 0.2) is 0 Å². The molecule has 0 bridgehead atoms. The molecule has 0 spiro atoms. The summed E-state index contributed by atoms with van der Waals surface area (Å²) in [5.74, 6) is 0. The first kappa shape index (κ1) is 16.9. The maximum absolute atomic E-state index is 6.39. The lowest BCUT2D eigenvalue weighted by Crippen LogP contribution is -2.35. The zero-order valence-corrected chi connectivity index (χ0v) is 15.6. The van der Waals surface area contributed by atoms with Gasteiger partial charge in [-0.3, -0.25) is 0 Å². The van der Waals surface area contributed by atoms with E-state index in [-0.39, 0.29) is 5.54 Å². The Labute approximate surface area is 144 Å². The minimum absolute atomic E-state index is 0.0682. The molecule has 0 aliphatic heterocycles. The average Bonchev–Trinajstić information content (AvgIpc) is 2.39. The predicted octanol–water partition coefficient (Wildman–Crippen LogP) is 6.14. The molecule has 0 aliphatic rings. The third-order valence-electron chi connectivity index (χ3n) is 2.91. The third kappa shape index (κ3) is 5.33. The molecule has 0 radical (unpaired) electrons.